The molecule has 1 heterocycles. The Hall–Kier alpha value is -7.48. The van der Waals surface area contributed by atoms with Crippen molar-refractivity contribution in [2.75, 3.05) is 0 Å². The normalized spacial score (nSPS) is 11.5. The van der Waals surface area contributed by atoms with Crippen LogP contribution in [0, 0.1) is 0 Å². The van der Waals surface area contributed by atoms with Gasteiger partial charge < -0.3 is 4.57 Å². The molecule has 0 aliphatic carbocycles. The molecule has 0 radical (unpaired) electrons. The van der Waals surface area contributed by atoms with E-state index >= 15 is 0 Å². The molecule has 0 spiro atoms. The molecule has 0 N–H and O–H groups in total. The number of hydrogen-bond donors (Lipinski definition) is 0. The molecule has 266 valence electrons. The van der Waals surface area contributed by atoms with Gasteiger partial charge in [0.25, 0.3) is 0 Å². The summed E-state index contributed by atoms with van der Waals surface area (Å²) in [5.41, 5.74) is 15.8. The van der Waals surface area contributed by atoms with Gasteiger partial charge >= 0.3 is 0 Å². The van der Waals surface area contributed by atoms with Gasteiger partial charge in [-0.15, -0.1) is 0 Å². The minimum Gasteiger partial charge on any atom is -0.309 e. The van der Waals surface area contributed by atoms with Crippen molar-refractivity contribution >= 4 is 43.4 Å². The number of benzene rings is 10. The molecule has 1 aromatic heterocycles. The lowest BCUT2D eigenvalue weighted by Gasteiger charge is -2.18. The lowest BCUT2D eigenvalue weighted by atomic mass is 9.85. The number of rotatable bonds is 6. The summed E-state index contributed by atoms with van der Waals surface area (Å²) in [6.45, 7) is 0. The van der Waals surface area contributed by atoms with E-state index in [2.05, 4.69) is 229 Å². The summed E-state index contributed by atoms with van der Waals surface area (Å²) in [6.07, 6.45) is 0. The fourth-order valence-corrected chi connectivity index (χ4v) is 9.02. The largest absolute Gasteiger partial charge is 0.309 e. The predicted molar refractivity (Wildman–Crippen MR) is 243 cm³/mol. The van der Waals surface area contributed by atoms with Gasteiger partial charge in [0.2, 0.25) is 0 Å². The van der Waals surface area contributed by atoms with E-state index in [9.17, 15) is 0 Å². The Labute approximate surface area is 332 Å². The molecule has 11 aromatic rings. The molecule has 1 nitrogen and oxygen atoms in total. The van der Waals surface area contributed by atoms with E-state index in [-0.39, 0.29) is 0 Å². The minimum atomic E-state index is 1.15. The third-order valence-corrected chi connectivity index (χ3v) is 11.6. The Morgan fingerprint density at radius 1 is 0.228 bits per heavy atom. The molecule has 0 bridgehead atoms. The second-order valence-electron chi connectivity index (χ2n) is 14.8. The molecule has 10 aromatic carbocycles. The number of fused-ring (bicyclic) bond motifs is 5. The molecule has 1 heteroatoms. The SMILES string of the molecule is c1ccc(-c2ccccc2-c2ccc3c(c2)c2cc(-c4ccc5c(-c6ccccc6)c6ccccc6c(-c6ccccc6)c5c4)ccc2n3-c2ccccc2)cc1. The van der Waals surface area contributed by atoms with Gasteiger partial charge in [0, 0.05) is 16.5 Å². The van der Waals surface area contributed by atoms with Crippen molar-refractivity contribution in [3.05, 3.63) is 224 Å². The molecule has 0 atom stereocenters. The monoisotopic (exact) mass is 723 g/mol. The third kappa shape index (κ3) is 5.55. The molecule has 0 aliphatic rings. The van der Waals surface area contributed by atoms with E-state index in [4.69, 9.17) is 0 Å². The molecule has 0 saturated carbocycles. The molecular weight excluding hydrogens is 687 g/mol. The van der Waals surface area contributed by atoms with E-state index in [1.165, 1.54) is 99.0 Å². The van der Waals surface area contributed by atoms with Crippen LogP contribution in [0.15, 0.2) is 224 Å². The van der Waals surface area contributed by atoms with E-state index in [1.54, 1.807) is 0 Å². The van der Waals surface area contributed by atoms with Crippen LogP contribution in [0.2, 0.25) is 0 Å². The van der Waals surface area contributed by atoms with E-state index in [1.807, 2.05) is 0 Å². The van der Waals surface area contributed by atoms with Crippen molar-refractivity contribution in [3.63, 3.8) is 0 Å². The van der Waals surface area contributed by atoms with Crippen LogP contribution in [-0.4, -0.2) is 4.57 Å². The van der Waals surface area contributed by atoms with Crippen LogP contribution < -0.4 is 0 Å². The second-order valence-corrected chi connectivity index (χ2v) is 14.8. The van der Waals surface area contributed by atoms with Crippen molar-refractivity contribution in [2.24, 2.45) is 0 Å². The molecule has 0 unspecified atom stereocenters. The molecule has 0 saturated heterocycles. The van der Waals surface area contributed by atoms with Crippen molar-refractivity contribution in [3.8, 4) is 61.3 Å². The first-order chi connectivity index (χ1) is 28.3. The highest BCUT2D eigenvalue weighted by Gasteiger charge is 2.19. The highest BCUT2D eigenvalue weighted by molar-refractivity contribution is 6.22. The maximum absolute atomic E-state index is 2.43. The van der Waals surface area contributed by atoms with Crippen molar-refractivity contribution in [1.29, 1.82) is 0 Å². The number of nitrogens with zero attached hydrogens (tertiary/aromatic N) is 1. The van der Waals surface area contributed by atoms with Gasteiger partial charge in [-0.25, -0.2) is 0 Å². The minimum absolute atomic E-state index is 1.15. The Balaban J connectivity index is 1.17. The van der Waals surface area contributed by atoms with Gasteiger partial charge in [0.05, 0.1) is 11.0 Å². The van der Waals surface area contributed by atoms with Gasteiger partial charge in [0.15, 0.2) is 0 Å². The zero-order chi connectivity index (χ0) is 37.7. The maximum atomic E-state index is 2.43. The molecule has 57 heavy (non-hydrogen) atoms. The van der Waals surface area contributed by atoms with Gasteiger partial charge in [-0.2, -0.15) is 0 Å². The zero-order valence-corrected chi connectivity index (χ0v) is 31.3. The molecular formula is C56H37N. The molecule has 0 amide bonds. The highest BCUT2D eigenvalue weighted by Crippen LogP contribution is 2.45. The van der Waals surface area contributed by atoms with Crippen LogP contribution in [0.5, 0.6) is 0 Å². The van der Waals surface area contributed by atoms with Crippen molar-refractivity contribution < 1.29 is 0 Å². The quantitative estimate of drug-likeness (QED) is 0.151. The van der Waals surface area contributed by atoms with Gasteiger partial charge in [-0.3, -0.25) is 0 Å². The topological polar surface area (TPSA) is 4.93 Å². The molecule has 11 rings (SSSR count). The zero-order valence-electron chi connectivity index (χ0n) is 31.3. The standard InChI is InChI=1S/C56H37N/c1-5-17-38(18-6-1)45-25-13-14-26-46(45)43-31-34-54-51(37-43)50-35-42(30-33-53(50)57(54)44-23-11-4-12-24-44)41-29-32-49-52(36-41)56(40-21-9-3-10-22-40)48-28-16-15-27-47(48)55(49)39-19-7-2-8-20-39/h1-37H. The van der Waals surface area contributed by atoms with E-state index in [0.29, 0.717) is 0 Å². The predicted octanol–water partition coefficient (Wildman–Crippen LogP) is 15.4. The summed E-state index contributed by atoms with van der Waals surface area (Å²) in [4.78, 5) is 0. The number of para-hydroxylation sites is 1. The Morgan fingerprint density at radius 2 is 0.614 bits per heavy atom. The average molecular weight is 724 g/mol. The Bertz CT molecular complexity index is 3250. The Kier molecular flexibility index (Phi) is 7.89. The van der Waals surface area contributed by atoms with Crippen LogP contribution in [0.4, 0.5) is 0 Å². The Morgan fingerprint density at radius 3 is 1.19 bits per heavy atom. The molecule has 0 fully saturated rings. The summed E-state index contributed by atoms with van der Waals surface area (Å²) >= 11 is 0. The lowest BCUT2D eigenvalue weighted by molar-refractivity contribution is 1.18. The lowest BCUT2D eigenvalue weighted by Crippen LogP contribution is -1.93. The highest BCUT2D eigenvalue weighted by atomic mass is 15.0. The summed E-state index contributed by atoms with van der Waals surface area (Å²) < 4.78 is 2.41. The average Bonchev–Trinajstić information content (AvgIpc) is 3.62. The summed E-state index contributed by atoms with van der Waals surface area (Å²) in [7, 11) is 0. The summed E-state index contributed by atoms with van der Waals surface area (Å²) in [6, 6.07) is 81.9. The summed E-state index contributed by atoms with van der Waals surface area (Å²) in [5, 5.41) is 7.50. The van der Waals surface area contributed by atoms with Crippen LogP contribution in [0.3, 0.4) is 0 Å². The molecule has 0 aliphatic heterocycles. The first kappa shape index (κ1) is 32.9. The number of aromatic nitrogens is 1. The maximum Gasteiger partial charge on any atom is 0.0541 e. The van der Waals surface area contributed by atoms with E-state index < -0.39 is 0 Å². The first-order valence-electron chi connectivity index (χ1n) is 19.7. The van der Waals surface area contributed by atoms with Gasteiger partial charge in [-0.05, 0) is 120 Å². The van der Waals surface area contributed by atoms with Crippen LogP contribution in [0.25, 0.3) is 105 Å². The van der Waals surface area contributed by atoms with Gasteiger partial charge in [-0.1, -0.05) is 182 Å². The summed E-state index contributed by atoms with van der Waals surface area (Å²) in [5.74, 6) is 0. The number of hydrogen-bond acceptors (Lipinski definition) is 0. The van der Waals surface area contributed by atoms with Crippen LogP contribution in [-0.2, 0) is 0 Å². The second kappa shape index (κ2) is 13.7. The third-order valence-electron chi connectivity index (χ3n) is 11.6. The fraction of sp³-hybridized carbons (Fsp3) is 0. The fourth-order valence-electron chi connectivity index (χ4n) is 9.02. The van der Waals surface area contributed by atoms with Gasteiger partial charge in [0.1, 0.15) is 0 Å². The first-order valence-corrected chi connectivity index (χ1v) is 19.7. The van der Waals surface area contributed by atoms with Crippen molar-refractivity contribution in [1.82, 2.24) is 4.57 Å². The van der Waals surface area contributed by atoms with Crippen molar-refractivity contribution in [2.45, 2.75) is 0 Å². The van der Waals surface area contributed by atoms with E-state index in [0.717, 1.165) is 5.69 Å². The van der Waals surface area contributed by atoms with Crippen LogP contribution >= 0.6 is 0 Å². The van der Waals surface area contributed by atoms with Crippen LogP contribution in [0.1, 0.15) is 0 Å². The smallest absolute Gasteiger partial charge is 0.0541 e.